The molecule has 0 fully saturated rings. The molecule has 1 amide bonds. The number of carbonyl (C=O) groups excluding carboxylic acids is 2. The molecule has 31 heavy (non-hydrogen) atoms. The van der Waals surface area contributed by atoms with Crippen molar-refractivity contribution in [2.75, 3.05) is 5.32 Å². The Bertz CT molecular complexity index is 1280. The van der Waals surface area contributed by atoms with Crippen molar-refractivity contribution in [2.24, 2.45) is 0 Å². The number of thiophene rings is 1. The molecule has 156 valence electrons. The smallest absolute Gasteiger partial charge is 0.297 e. The second kappa shape index (κ2) is 9.10. The van der Waals surface area contributed by atoms with Gasteiger partial charge in [-0.2, -0.15) is 0 Å². The highest BCUT2D eigenvalue weighted by Crippen LogP contribution is 2.37. The molecule has 2 N–H and O–H groups in total. The molecule has 0 bridgehead atoms. The second-order valence-electron chi connectivity index (χ2n) is 7.00. The number of benzene rings is 3. The highest BCUT2D eigenvalue weighted by molar-refractivity contribution is 7.22. The van der Waals surface area contributed by atoms with Crippen molar-refractivity contribution in [3.8, 4) is 5.75 Å². The molecule has 0 atom stereocenters. The average molecular weight is 470 g/mol. The van der Waals surface area contributed by atoms with Crippen LogP contribution in [0.25, 0.3) is 10.1 Å². The third kappa shape index (κ3) is 4.74. The predicted octanol–water partition coefficient (Wildman–Crippen LogP) is 6.52. The van der Waals surface area contributed by atoms with Gasteiger partial charge in [0.2, 0.25) is 0 Å². The summed E-state index contributed by atoms with van der Waals surface area (Å²) in [6.07, 6.45) is 1.59. The molecule has 0 aliphatic rings. The summed E-state index contributed by atoms with van der Waals surface area (Å²) in [4.78, 5) is 25.0. The maximum Gasteiger partial charge on any atom is 0.297 e. The number of aromatic hydroxyl groups is 1. The first-order chi connectivity index (χ1) is 14.9. The Hall–Kier alpha value is -2.86. The minimum Gasteiger partial charge on any atom is -0.506 e. The summed E-state index contributed by atoms with van der Waals surface area (Å²) in [5.41, 5.74) is 2.68. The monoisotopic (exact) mass is 469 g/mol. The average Bonchev–Trinajstić information content (AvgIpc) is 3.11. The summed E-state index contributed by atoms with van der Waals surface area (Å²) in [7, 11) is 0. The number of rotatable bonds is 6. The van der Waals surface area contributed by atoms with Crippen molar-refractivity contribution in [2.45, 2.75) is 12.8 Å². The molecule has 0 saturated carbocycles. The molecule has 3 aromatic carbocycles. The van der Waals surface area contributed by atoms with Crippen LogP contribution in [-0.2, 0) is 17.6 Å². The molecule has 7 heteroatoms. The molecule has 0 spiro atoms. The standard InChI is InChI=1S/C24H17Cl2NO3S/c25-18-12-9-15(13-19(18)26)6-5-14-7-10-16(11-8-14)27-24(30)22(29)23-21(28)17-3-1-2-4-20(17)31-23/h1-4,7-13,28H,5-6H2,(H,27,30). The van der Waals surface area contributed by atoms with E-state index < -0.39 is 11.7 Å². The molecular formula is C24H17Cl2NO3S. The van der Waals surface area contributed by atoms with E-state index in [1.807, 2.05) is 30.3 Å². The van der Waals surface area contributed by atoms with Gasteiger partial charge in [0.15, 0.2) is 0 Å². The van der Waals surface area contributed by atoms with Crippen molar-refractivity contribution in [1.29, 1.82) is 0 Å². The largest absolute Gasteiger partial charge is 0.506 e. The quantitative estimate of drug-likeness (QED) is 0.249. The summed E-state index contributed by atoms with van der Waals surface area (Å²) in [5.74, 6) is -1.70. The molecule has 4 rings (SSSR count). The van der Waals surface area contributed by atoms with Crippen molar-refractivity contribution in [1.82, 2.24) is 0 Å². The number of fused-ring (bicyclic) bond motifs is 1. The summed E-state index contributed by atoms with van der Waals surface area (Å²) < 4.78 is 0.752. The van der Waals surface area contributed by atoms with Crippen LogP contribution in [0.2, 0.25) is 10.0 Å². The highest BCUT2D eigenvalue weighted by Gasteiger charge is 2.24. The van der Waals surface area contributed by atoms with Crippen LogP contribution >= 0.6 is 34.5 Å². The maximum atomic E-state index is 12.5. The van der Waals surface area contributed by atoms with Gasteiger partial charge in [-0.1, -0.05) is 53.5 Å². The number of halogens is 2. The molecule has 0 unspecified atom stereocenters. The fourth-order valence-corrected chi connectivity index (χ4v) is 4.57. The molecule has 1 heterocycles. The van der Waals surface area contributed by atoms with Crippen LogP contribution in [-0.4, -0.2) is 16.8 Å². The summed E-state index contributed by atoms with van der Waals surface area (Å²) in [6.45, 7) is 0. The van der Waals surface area contributed by atoms with Crippen molar-refractivity contribution in [3.05, 3.63) is 92.8 Å². The van der Waals surface area contributed by atoms with Crippen LogP contribution in [0.15, 0.2) is 66.7 Å². The first-order valence-corrected chi connectivity index (χ1v) is 11.1. The van der Waals surface area contributed by atoms with E-state index in [2.05, 4.69) is 5.32 Å². The predicted molar refractivity (Wildman–Crippen MR) is 127 cm³/mol. The lowest BCUT2D eigenvalue weighted by Crippen LogP contribution is -2.22. The van der Waals surface area contributed by atoms with E-state index >= 15 is 0 Å². The first-order valence-electron chi connectivity index (χ1n) is 9.51. The highest BCUT2D eigenvalue weighted by atomic mass is 35.5. The first kappa shape index (κ1) is 21.4. The zero-order valence-electron chi connectivity index (χ0n) is 16.2. The minimum atomic E-state index is -0.787. The Morgan fingerprint density at radius 2 is 1.55 bits per heavy atom. The Kier molecular flexibility index (Phi) is 6.28. The molecule has 4 aromatic rings. The molecule has 0 radical (unpaired) electrons. The lowest BCUT2D eigenvalue weighted by Gasteiger charge is -2.07. The van der Waals surface area contributed by atoms with Crippen molar-refractivity contribution >= 4 is 62.0 Å². The van der Waals surface area contributed by atoms with Crippen LogP contribution < -0.4 is 5.32 Å². The summed E-state index contributed by atoms with van der Waals surface area (Å²) >= 11 is 13.1. The van der Waals surface area contributed by atoms with E-state index in [9.17, 15) is 14.7 Å². The third-order valence-corrected chi connectivity index (χ3v) is 6.78. The second-order valence-corrected chi connectivity index (χ2v) is 8.87. The zero-order chi connectivity index (χ0) is 22.0. The van der Waals surface area contributed by atoms with Gasteiger partial charge in [0.25, 0.3) is 11.7 Å². The molecule has 4 nitrogen and oxygen atoms in total. The number of hydrogen-bond acceptors (Lipinski definition) is 4. The Labute approximate surface area is 193 Å². The lowest BCUT2D eigenvalue weighted by atomic mass is 10.0. The van der Waals surface area contributed by atoms with Gasteiger partial charge >= 0.3 is 0 Å². The lowest BCUT2D eigenvalue weighted by molar-refractivity contribution is -0.112. The SMILES string of the molecule is O=C(Nc1ccc(CCc2ccc(Cl)c(Cl)c2)cc1)C(=O)c1sc2ccccc2c1O. The van der Waals surface area contributed by atoms with Gasteiger partial charge in [0.1, 0.15) is 10.6 Å². The topological polar surface area (TPSA) is 66.4 Å². The van der Waals surface area contributed by atoms with Gasteiger partial charge in [-0.15, -0.1) is 11.3 Å². The van der Waals surface area contributed by atoms with Crippen LogP contribution in [0, 0.1) is 0 Å². The number of hydrogen-bond donors (Lipinski definition) is 2. The van der Waals surface area contributed by atoms with Crippen LogP contribution in [0.5, 0.6) is 5.75 Å². The molecule has 1 aromatic heterocycles. The molecule has 0 aliphatic heterocycles. The number of carbonyl (C=O) groups is 2. The minimum absolute atomic E-state index is 0.0388. The normalized spacial score (nSPS) is 10.9. The van der Waals surface area contributed by atoms with Gasteiger partial charge < -0.3 is 10.4 Å². The van der Waals surface area contributed by atoms with Crippen LogP contribution in [0.4, 0.5) is 5.69 Å². The number of anilines is 1. The number of ketones is 1. The van der Waals surface area contributed by atoms with Crippen LogP contribution in [0.3, 0.4) is 0 Å². The fraction of sp³-hybridized carbons (Fsp3) is 0.0833. The third-order valence-electron chi connectivity index (χ3n) is 4.88. The van der Waals surface area contributed by atoms with E-state index in [0.717, 1.165) is 40.0 Å². The summed E-state index contributed by atoms with van der Waals surface area (Å²) in [5, 5.41) is 14.5. The van der Waals surface area contributed by atoms with Crippen molar-refractivity contribution in [3.63, 3.8) is 0 Å². The number of amides is 1. The molecular weight excluding hydrogens is 453 g/mol. The van der Waals surface area contributed by atoms with Gasteiger partial charge in [-0.25, -0.2) is 0 Å². The van der Waals surface area contributed by atoms with Gasteiger partial charge in [-0.3, -0.25) is 9.59 Å². The number of Topliss-reactive ketones (excluding diaryl/α,β-unsaturated/α-hetero) is 1. The van der Waals surface area contributed by atoms with Gasteiger partial charge in [0, 0.05) is 15.8 Å². The van der Waals surface area contributed by atoms with Crippen molar-refractivity contribution < 1.29 is 14.7 Å². The van der Waals surface area contributed by atoms with Crippen LogP contribution in [0.1, 0.15) is 20.8 Å². The Balaban J connectivity index is 1.39. The van der Waals surface area contributed by atoms with E-state index in [1.54, 1.807) is 36.4 Å². The zero-order valence-corrected chi connectivity index (χ0v) is 18.5. The number of aryl methyl sites for hydroxylation is 2. The van der Waals surface area contributed by atoms with Gasteiger partial charge in [-0.05, 0) is 60.4 Å². The van der Waals surface area contributed by atoms with E-state index in [-0.39, 0.29) is 10.6 Å². The van der Waals surface area contributed by atoms with Gasteiger partial charge in [0.05, 0.1) is 10.0 Å². The maximum absolute atomic E-state index is 12.5. The Morgan fingerprint density at radius 3 is 2.26 bits per heavy atom. The molecule has 0 aliphatic carbocycles. The summed E-state index contributed by atoms with van der Waals surface area (Å²) in [6, 6.07) is 20.0. The van der Waals surface area contributed by atoms with E-state index in [4.69, 9.17) is 23.2 Å². The van der Waals surface area contributed by atoms with E-state index in [1.165, 1.54) is 0 Å². The van der Waals surface area contributed by atoms with E-state index in [0.29, 0.717) is 21.1 Å². The fourth-order valence-electron chi connectivity index (χ4n) is 3.22. The number of nitrogens with one attached hydrogen (secondary N) is 1. The molecule has 0 saturated heterocycles. The Morgan fingerprint density at radius 1 is 0.871 bits per heavy atom.